The van der Waals surface area contributed by atoms with E-state index in [9.17, 15) is 4.79 Å². The van der Waals surface area contributed by atoms with E-state index >= 15 is 0 Å². The van der Waals surface area contributed by atoms with Gasteiger partial charge >= 0.3 is 0 Å². The van der Waals surface area contributed by atoms with Gasteiger partial charge in [-0.2, -0.15) is 10.2 Å². The highest BCUT2D eigenvalue weighted by Crippen LogP contribution is 2.28. The number of amides is 1. The molecule has 1 amide bonds. The van der Waals surface area contributed by atoms with E-state index in [-0.39, 0.29) is 23.0 Å². The molecule has 2 aliphatic heterocycles. The minimum atomic E-state index is -0.439. The molecular formula is C13H22N4O. The molecule has 0 radical (unpaired) electrons. The standard InChI is InChI=1S/C13H22N4O/c1-12(2)7-9(8-13(3,4)17-12)15-11(18)10-5-6-14-16-10/h5-6,9-10,17H,7-8H2,1-4H3,(H,15,18)/t10-/m1/s1. The van der Waals surface area contributed by atoms with Crippen LogP contribution in [0.4, 0.5) is 0 Å². The summed E-state index contributed by atoms with van der Waals surface area (Å²) < 4.78 is 0. The van der Waals surface area contributed by atoms with E-state index in [1.54, 1.807) is 12.3 Å². The van der Waals surface area contributed by atoms with Crippen LogP contribution in [0.25, 0.3) is 0 Å². The van der Waals surface area contributed by atoms with Crippen LogP contribution in [0.2, 0.25) is 0 Å². The third kappa shape index (κ3) is 3.16. The molecule has 1 atom stereocenters. The van der Waals surface area contributed by atoms with Crippen LogP contribution >= 0.6 is 0 Å². The lowest BCUT2D eigenvalue weighted by molar-refractivity contribution is -0.122. The minimum absolute atomic E-state index is 0.0345. The van der Waals surface area contributed by atoms with Crippen molar-refractivity contribution in [3.05, 3.63) is 12.3 Å². The molecule has 1 saturated heterocycles. The summed E-state index contributed by atoms with van der Waals surface area (Å²) in [5, 5.41) is 14.3. The Morgan fingerprint density at radius 1 is 1.28 bits per heavy atom. The number of azo groups is 1. The molecule has 0 unspecified atom stereocenters. The minimum Gasteiger partial charge on any atom is -0.351 e. The second-order valence-electron chi connectivity index (χ2n) is 6.52. The summed E-state index contributed by atoms with van der Waals surface area (Å²) in [5.74, 6) is -0.0500. The van der Waals surface area contributed by atoms with Crippen molar-refractivity contribution >= 4 is 5.91 Å². The average Bonchev–Trinajstić information content (AvgIpc) is 2.63. The van der Waals surface area contributed by atoms with Gasteiger partial charge in [0.2, 0.25) is 0 Å². The van der Waals surface area contributed by atoms with Gasteiger partial charge in [-0.1, -0.05) is 0 Å². The first-order chi connectivity index (χ1) is 8.27. The highest BCUT2D eigenvalue weighted by atomic mass is 16.2. The van der Waals surface area contributed by atoms with E-state index in [1.807, 2.05) is 0 Å². The number of hydrogen-bond acceptors (Lipinski definition) is 4. The second-order valence-corrected chi connectivity index (χ2v) is 6.52. The molecule has 0 spiro atoms. The lowest BCUT2D eigenvalue weighted by atomic mass is 9.79. The second kappa shape index (κ2) is 4.46. The zero-order valence-corrected chi connectivity index (χ0v) is 11.5. The highest BCUT2D eigenvalue weighted by Gasteiger charge is 2.38. The fourth-order valence-corrected chi connectivity index (χ4v) is 3.12. The Bertz CT molecular complexity index is 370. The lowest BCUT2D eigenvalue weighted by Gasteiger charge is -2.46. The lowest BCUT2D eigenvalue weighted by Crippen LogP contribution is -2.62. The maximum absolute atomic E-state index is 12.0. The summed E-state index contributed by atoms with van der Waals surface area (Å²) in [6, 6.07) is -0.251. The van der Waals surface area contributed by atoms with Gasteiger partial charge in [0.25, 0.3) is 5.91 Å². The topological polar surface area (TPSA) is 65.8 Å². The van der Waals surface area contributed by atoms with Crippen LogP contribution in [0.15, 0.2) is 22.5 Å². The van der Waals surface area contributed by atoms with Crippen LogP contribution in [-0.4, -0.2) is 29.1 Å². The molecular weight excluding hydrogens is 228 g/mol. The number of hydrogen-bond donors (Lipinski definition) is 2. The van der Waals surface area contributed by atoms with E-state index in [0.29, 0.717) is 0 Å². The number of carbonyl (C=O) groups excluding carboxylic acids is 1. The number of piperidine rings is 1. The monoisotopic (exact) mass is 250 g/mol. The normalized spacial score (nSPS) is 29.4. The first-order valence-corrected chi connectivity index (χ1v) is 6.44. The van der Waals surface area contributed by atoms with Gasteiger partial charge < -0.3 is 10.6 Å². The van der Waals surface area contributed by atoms with E-state index in [1.165, 1.54) is 0 Å². The van der Waals surface area contributed by atoms with Gasteiger partial charge in [-0.15, -0.1) is 0 Å². The van der Waals surface area contributed by atoms with Crippen LogP contribution in [-0.2, 0) is 4.79 Å². The summed E-state index contributed by atoms with van der Waals surface area (Å²) in [6.07, 6.45) is 5.14. The zero-order chi connectivity index (χ0) is 13.4. The van der Waals surface area contributed by atoms with E-state index < -0.39 is 6.04 Å². The third-order valence-electron chi connectivity index (χ3n) is 3.33. The molecule has 0 aromatic rings. The van der Waals surface area contributed by atoms with E-state index in [4.69, 9.17) is 0 Å². The first-order valence-electron chi connectivity index (χ1n) is 6.44. The zero-order valence-electron chi connectivity index (χ0n) is 11.5. The van der Waals surface area contributed by atoms with Crippen molar-refractivity contribution in [3.8, 4) is 0 Å². The highest BCUT2D eigenvalue weighted by molar-refractivity contribution is 5.84. The maximum atomic E-state index is 12.0. The Hall–Kier alpha value is -1.23. The van der Waals surface area contributed by atoms with Gasteiger partial charge in [0.1, 0.15) is 0 Å². The molecule has 0 aromatic carbocycles. The molecule has 2 aliphatic rings. The third-order valence-corrected chi connectivity index (χ3v) is 3.33. The van der Waals surface area contributed by atoms with Gasteiger partial charge in [0, 0.05) is 23.3 Å². The van der Waals surface area contributed by atoms with Gasteiger partial charge in [0.05, 0.1) is 0 Å². The van der Waals surface area contributed by atoms with Gasteiger partial charge in [-0.05, 0) is 46.6 Å². The van der Waals surface area contributed by atoms with E-state index in [2.05, 4.69) is 48.6 Å². The molecule has 100 valence electrons. The van der Waals surface area contributed by atoms with Crippen LogP contribution in [0.1, 0.15) is 40.5 Å². The van der Waals surface area contributed by atoms with Gasteiger partial charge in [-0.25, -0.2) is 0 Å². The Morgan fingerprint density at radius 2 is 1.89 bits per heavy atom. The summed E-state index contributed by atoms with van der Waals surface area (Å²) >= 11 is 0. The Labute approximate surface area is 108 Å². The van der Waals surface area contributed by atoms with Crippen molar-refractivity contribution in [2.45, 2.75) is 63.7 Å². The van der Waals surface area contributed by atoms with Crippen molar-refractivity contribution in [2.75, 3.05) is 0 Å². The molecule has 2 rings (SSSR count). The number of nitrogens with one attached hydrogen (secondary N) is 2. The van der Waals surface area contributed by atoms with Crippen molar-refractivity contribution in [1.82, 2.24) is 10.6 Å². The molecule has 0 aliphatic carbocycles. The van der Waals surface area contributed by atoms with Crippen LogP contribution in [0.5, 0.6) is 0 Å². The largest absolute Gasteiger partial charge is 0.351 e. The molecule has 5 nitrogen and oxygen atoms in total. The molecule has 18 heavy (non-hydrogen) atoms. The van der Waals surface area contributed by atoms with Crippen molar-refractivity contribution in [2.24, 2.45) is 10.2 Å². The van der Waals surface area contributed by atoms with Gasteiger partial charge in [-0.3, -0.25) is 4.79 Å². The number of nitrogens with zero attached hydrogens (tertiary/aromatic N) is 2. The Morgan fingerprint density at radius 3 is 2.39 bits per heavy atom. The van der Waals surface area contributed by atoms with Gasteiger partial charge in [0.15, 0.2) is 6.04 Å². The first kappa shape index (κ1) is 13.2. The molecule has 0 bridgehead atoms. The summed E-state index contributed by atoms with van der Waals surface area (Å²) in [7, 11) is 0. The predicted octanol–water partition coefficient (Wildman–Crippen LogP) is 1.76. The summed E-state index contributed by atoms with van der Waals surface area (Å²) in [6.45, 7) is 8.68. The number of carbonyl (C=O) groups is 1. The molecule has 5 heteroatoms. The molecule has 1 fully saturated rings. The molecule has 2 heterocycles. The average molecular weight is 250 g/mol. The summed E-state index contributed by atoms with van der Waals surface area (Å²) in [5.41, 5.74) is 0.0689. The maximum Gasteiger partial charge on any atom is 0.251 e. The van der Waals surface area contributed by atoms with Crippen molar-refractivity contribution < 1.29 is 4.79 Å². The van der Waals surface area contributed by atoms with Crippen LogP contribution < -0.4 is 10.6 Å². The predicted molar refractivity (Wildman–Crippen MR) is 70.2 cm³/mol. The van der Waals surface area contributed by atoms with Crippen LogP contribution in [0, 0.1) is 0 Å². The van der Waals surface area contributed by atoms with Crippen LogP contribution in [0.3, 0.4) is 0 Å². The Balaban J connectivity index is 1.98. The number of rotatable bonds is 2. The van der Waals surface area contributed by atoms with E-state index in [0.717, 1.165) is 12.8 Å². The summed E-state index contributed by atoms with van der Waals surface area (Å²) in [4.78, 5) is 12.0. The van der Waals surface area contributed by atoms with Crippen molar-refractivity contribution in [1.29, 1.82) is 0 Å². The van der Waals surface area contributed by atoms with Crippen molar-refractivity contribution in [3.63, 3.8) is 0 Å². The fraction of sp³-hybridized carbons (Fsp3) is 0.769. The molecule has 0 aromatic heterocycles. The quantitative estimate of drug-likeness (QED) is 0.784. The molecule has 2 N–H and O–H groups in total. The Kier molecular flexibility index (Phi) is 3.27. The smallest absolute Gasteiger partial charge is 0.251 e. The fourth-order valence-electron chi connectivity index (χ4n) is 3.12. The SMILES string of the molecule is CC1(C)CC(NC(=O)[C@H]2C=CN=N2)CC(C)(C)N1. The molecule has 0 saturated carbocycles.